The first-order valence-corrected chi connectivity index (χ1v) is 10.9. The number of rotatable bonds is 5. The summed E-state index contributed by atoms with van der Waals surface area (Å²) in [6.07, 6.45) is 3.28. The number of hydrogen-bond acceptors (Lipinski definition) is 7. The number of aromatic amines is 1. The molecule has 4 aromatic rings. The Bertz CT molecular complexity index is 1440. The summed E-state index contributed by atoms with van der Waals surface area (Å²) < 4.78 is 6.68. The largest absolute Gasteiger partial charge is 0.461 e. The van der Waals surface area contributed by atoms with Crippen LogP contribution in [0, 0.1) is 0 Å². The maximum Gasteiger partial charge on any atom is 0.358 e. The van der Waals surface area contributed by atoms with Crippen molar-refractivity contribution in [1.29, 1.82) is 0 Å². The third kappa shape index (κ3) is 3.88. The number of carbonyl (C=O) groups excluding carboxylic acids is 2. The van der Waals surface area contributed by atoms with Crippen molar-refractivity contribution in [3.8, 4) is 0 Å². The number of carbonyl (C=O) groups is 2. The molecule has 1 aromatic carbocycles. The van der Waals surface area contributed by atoms with Crippen LogP contribution in [-0.4, -0.2) is 43.4 Å². The van der Waals surface area contributed by atoms with Crippen LogP contribution in [0.3, 0.4) is 0 Å². The molecule has 3 aromatic heterocycles. The van der Waals surface area contributed by atoms with E-state index < -0.39 is 12.0 Å². The Hall–Kier alpha value is -4.18. The number of pyridine rings is 1. The lowest BCUT2D eigenvalue weighted by molar-refractivity contribution is -0.113. The third-order valence-corrected chi connectivity index (χ3v) is 5.69. The molecule has 0 spiro atoms. The van der Waals surface area contributed by atoms with Crippen LogP contribution in [0.15, 0.2) is 60.1 Å². The Kier molecular flexibility index (Phi) is 5.50. The number of benzene rings is 1. The minimum Gasteiger partial charge on any atom is -0.461 e. The van der Waals surface area contributed by atoms with E-state index in [0.29, 0.717) is 33.5 Å². The van der Waals surface area contributed by atoms with Crippen LogP contribution in [0.25, 0.3) is 10.9 Å². The number of fused-ring (bicyclic) bond motifs is 2. The Balaban J connectivity index is 1.55. The van der Waals surface area contributed by atoms with Crippen molar-refractivity contribution in [2.75, 3.05) is 17.2 Å². The number of nitrogens with zero attached hydrogens (tertiary/aromatic N) is 4. The molecule has 0 aliphatic carbocycles. The number of hydrogen-bond donors (Lipinski definition) is 3. The average molecular weight is 478 g/mol. The number of aromatic nitrogens is 5. The first kappa shape index (κ1) is 21.7. The first-order valence-electron chi connectivity index (χ1n) is 10.5. The zero-order valence-corrected chi connectivity index (χ0v) is 19.1. The minimum atomic E-state index is -0.651. The van der Waals surface area contributed by atoms with E-state index in [1.807, 2.05) is 12.1 Å². The quantitative estimate of drug-likeness (QED) is 0.294. The van der Waals surface area contributed by atoms with Crippen molar-refractivity contribution in [3.05, 3.63) is 76.5 Å². The van der Waals surface area contributed by atoms with Crippen molar-refractivity contribution in [2.24, 2.45) is 0 Å². The number of H-pyrrole nitrogens is 1. The molecule has 4 heterocycles. The SMILES string of the molecule is CCOC(=O)c1cc2n(n1)C(c1ccc(Cl)nc1)C(C(=O)Nc1ccc3[nH]ncc3c1)=C(C)N2. The van der Waals surface area contributed by atoms with Gasteiger partial charge < -0.3 is 15.4 Å². The zero-order chi connectivity index (χ0) is 23.8. The summed E-state index contributed by atoms with van der Waals surface area (Å²) in [7, 11) is 0. The van der Waals surface area contributed by atoms with Crippen LogP contribution in [0.2, 0.25) is 5.15 Å². The van der Waals surface area contributed by atoms with Gasteiger partial charge in [-0.3, -0.25) is 9.89 Å². The number of ether oxygens (including phenoxy) is 1. The van der Waals surface area contributed by atoms with Gasteiger partial charge >= 0.3 is 5.97 Å². The highest BCUT2D eigenvalue weighted by Crippen LogP contribution is 2.37. The van der Waals surface area contributed by atoms with Crippen LogP contribution >= 0.6 is 11.6 Å². The second-order valence-corrected chi connectivity index (χ2v) is 8.07. The normalized spacial score (nSPS) is 15.1. The number of nitrogens with one attached hydrogen (secondary N) is 3. The van der Waals surface area contributed by atoms with Gasteiger partial charge in [0, 0.05) is 29.0 Å². The van der Waals surface area contributed by atoms with Crippen molar-refractivity contribution >= 4 is 45.9 Å². The summed E-state index contributed by atoms with van der Waals surface area (Å²) >= 11 is 6.00. The van der Waals surface area contributed by atoms with Gasteiger partial charge in [0.25, 0.3) is 5.91 Å². The molecule has 1 amide bonds. The van der Waals surface area contributed by atoms with Gasteiger partial charge in [-0.25, -0.2) is 14.5 Å². The highest BCUT2D eigenvalue weighted by Gasteiger charge is 2.34. The molecule has 0 saturated heterocycles. The standard InChI is InChI=1S/C23H20ClN7O3/c1-3-34-23(33)17-9-19-27-12(2)20(21(31(19)30-17)13-4-7-18(24)25-10-13)22(32)28-15-5-6-16-14(8-15)11-26-29-16/h4-11,21,27H,3H2,1-2H3,(H,26,29)(H,28,32). The first-order chi connectivity index (χ1) is 16.4. The lowest BCUT2D eigenvalue weighted by Gasteiger charge is -2.29. The lowest BCUT2D eigenvalue weighted by Crippen LogP contribution is -2.31. The average Bonchev–Trinajstić information content (AvgIpc) is 3.45. The number of anilines is 2. The van der Waals surface area contributed by atoms with E-state index in [4.69, 9.17) is 16.3 Å². The van der Waals surface area contributed by atoms with E-state index in [2.05, 4.69) is 30.9 Å². The number of amides is 1. The second kappa shape index (κ2) is 8.64. The third-order valence-electron chi connectivity index (χ3n) is 5.47. The number of allylic oxidation sites excluding steroid dienone is 1. The van der Waals surface area contributed by atoms with Gasteiger partial charge in [0.1, 0.15) is 17.0 Å². The second-order valence-electron chi connectivity index (χ2n) is 7.69. The van der Waals surface area contributed by atoms with Gasteiger partial charge in [-0.2, -0.15) is 10.2 Å². The van der Waals surface area contributed by atoms with Gasteiger partial charge in [-0.15, -0.1) is 0 Å². The maximum absolute atomic E-state index is 13.5. The van der Waals surface area contributed by atoms with E-state index in [1.54, 1.807) is 55.2 Å². The fraction of sp³-hybridized carbons (Fsp3) is 0.174. The molecule has 34 heavy (non-hydrogen) atoms. The number of halogens is 1. The van der Waals surface area contributed by atoms with Gasteiger partial charge in [0.2, 0.25) is 0 Å². The van der Waals surface area contributed by atoms with E-state index >= 15 is 0 Å². The van der Waals surface area contributed by atoms with Crippen LogP contribution < -0.4 is 10.6 Å². The molecule has 3 N–H and O–H groups in total. The lowest BCUT2D eigenvalue weighted by atomic mass is 9.96. The monoisotopic (exact) mass is 477 g/mol. The summed E-state index contributed by atoms with van der Waals surface area (Å²) in [5.74, 6) is -0.320. The molecule has 0 saturated carbocycles. The van der Waals surface area contributed by atoms with Crippen LogP contribution in [0.1, 0.15) is 35.9 Å². The van der Waals surface area contributed by atoms with Crippen molar-refractivity contribution in [3.63, 3.8) is 0 Å². The summed E-state index contributed by atoms with van der Waals surface area (Å²) in [6, 6.07) is 9.84. The summed E-state index contributed by atoms with van der Waals surface area (Å²) in [5, 5.41) is 18.7. The molecule has 0 bridgehead atoms. The highest BCUT2D eigenvalue weighted by molar-refractivity contribution is 6.29. The van der Waals surface area contributed by atoms with E-state index in [0.717, 1.165) is 10.9 Å². The van der Waals surface area contributed by atoms with Crippen LogP contribution in [0.5, 0.6) is 0 Å². The van der Waals surface area contributed by atoms with Crippen molar-refractivity contribution < 1.29 is 14.3 Å². The minimum absolute atomic E-state index is 0.135. The fourth-order valence-corrected chi connectivity index (χ4v) is 4.06. The van der Waals surface area contributed by atoms with Gasteiger partial charge in [0.15, 0.2) is 5.69 Å². The highest BCUT2D eigenvalue weighted by atomic mass is 35.5. The smallest absolute Gasteiger partial charge is 0.358 e. The van der Waals surface area contributed by atoms with Crippen molar-refractivity contribution in [2.45, 2.75) is 19.9 Å². The molecular formula is C23H20ClN7O3. The predicted molar refractivity (Wildman–Crippen MR) is 127 cm³/mol. The van der Waals surface area contributed by atoms with E-state index in [9.17, 15) is 9.59 Å². The van der Waals surface area contributed by atoms with E-state index in [-0.39, 0.29) is 18.2 Å². The number of esters is 1. The topological polar surface area (TPSA) is 127 Å². The molecule has 172 valence electrons. The molecule has 1 atom stereocenters. The molecule has 5 rings (SSSR count). The predicted octanol–water partition coefficient (Wildman–Crippen LogP) is 3.91. The molecule has 10 nitrogen and oxygen atoms in total. The van der Waals surface area contributed by atoms with E-state index in [1.165, 1.54) is 0 Å². The molecule has 1 aliphatic rings. The Morgan fingerprint density at radius 3 is 2.82 bits per heavy atom. The van der Waals surface area contributed by atoms with Gasteiger partial charge in [0.05, 0.1) is 23.9 Å². The van der Waals surface area contributed by atoms with Crippen LogP contribution in [0.4, 0.5) is 11.5 Å². The summed E-state index contributed by atoms with van der Waals surface area (Å²) in [6.45, 7) is 3.75. The molecule has 0 fully saturated rings. The Morgan fingerprint density at radius 2 is 2.06 bits per heavy atom. The molecule has 1 aliphatic heterocycles. The van der Waals surface area contributed by atoms with Gasteiger partial charge in [-0.05, 0) is 43.7 Å². The Labute approximate surface area is 199 Å². The summed E-state index contributed by atoms with van der Waals surface area (Å²) in [4.78, 5) is 30.0. The van der Waals surface area contributed by atoms with Gasteiger partial charge in [-0.1, -0.05) is 17.7 Å². The molecule has 0 radical (unpaired) electrons. The summed E-state index contributed by atoms with van der Waals surface area (Å²) in [5.41, 5.74) is 3.33. The zero-order valence-electron chi connectivity index (χ0n) is 18.3. The molecule has 11 heteroatoms. The Morgan fingerprint density at radius 1 is 1.21 bits per heavy atom. The maximum atomic E-state index is 13.5. The van der Waals surface area contributed by atoms with Crippen molar-refractivity contribution in [1.82, 2.24) is 25.0 Å². The molecule has 1 unspecified atom stereocenters. The molecular weight excluding hydrogens is 458 g/mol. The fourth-order valence-electron chi connectivity index (χ4n) is 3.95. The van der Waals surface area contributed by atoms with Crippen LogP contribution in [-0.2, 0) is 9.53 Å².